The summed E-state index contributed by atoms with van der Waals surface area (Å²) in [5.74, 6) is 0.608. The van der Waals surface area contributed by atoms with Gasteiger partial charge in [0.2, 0.25) is 0 Å². The molecule has 3 aromatic carbocycles. The molecule has 2 heterocycles. The topological polar surface area (TPSA) is 102 Å². The lowest BCUT2D eigenvalue weighted by Crippen LogP contribution is -2.53. The van der Waals surface area contributed by atoms with Crippen molar-refractivity contribution in [1.82, 2.24) is 10.2 Å². The summed E-state index contributed by atoms with van der Waals surface area (Å²) < 4.78 is 45.4. The number of aliphatic imine (C=N–C) groups is 1. The zero-order valence-electron chi connectivity index (χ0n) is 25.0. The summed E-state index contributed by atoms with van der Waals surface area (Å²) in [7, 11) is 0. The highest BCUT2D eigenvalue weighted by molar-refractivity contribution is 6.30. The fourth-order valence-corrected chi connectivity index (χ4v) is 5.51. The Labute approximate surface area is 265 Å². The van der Waals surface area contributed by atoms with Crippen LogP contribution >= 0.6 is 11.6 Å². The molecular weight excluding hydrogens is 608 g/mol. The second-order valence-corrected chi connectivity index (χ2v) is 11.2. The summed E-state index contributed by atoms with van der Waals surface area (Å²) in [4.78, 5) is 20.1. The van der Waals surface area contributed by atoms with Gasteiger partial charge in [-0.3, -0.25) is 10.1 Å². The van der Waals surface area contributed by atoms with Gasteiger partial charge < -0.3 is 29.3 Å². The van der Waals surface area contributed by atoms with Crippen molar-refractivity contribution in [2.24, 2.45) is 4.99 Å². The van der Waals surface area contributed by atoms with Crippen molar-refractivity contribution in [3.05, 3.63) is 86.9 Å². The van der Waals surface area contributed by atoms with Crippen molar-refractivity contribution < 1.29 is 27.9 Å². The monoisotopic (exact) mass is 643 g/mol. The molecule has 0 aliphatic carbocycles. The highest BCUT2D eigenvalue weighted by atomic mass is 35.5. The Morgan fingerprint density at radius 3 is 2.62 bits per heavy atom. The number of nitrogens with one attached hydrogen (secondary N) is 1. The molecule has 2 saturated heterocycles. The predicted molar refractivity (Wildman–Crippen MR) is 169 cm³/mol. The van der Waals surface area contributed by atoms with Gasteiger partial charge in [0.25, 0.3) is 0 Å². The average Bonchev–Trinajstić information content (AvgIpc) is 3.04. The van der Waals surface area contributed by atoms with Crippen molar-refractivity contribution in [2.45, 2.75) is 38.8 Å². The number of nitro groups is 1. The Morgan fingerprint density at radius 1 is 1.09 bits per heavy atom. The third-order valence-electron chi connectivity index (χ3n) is 7.69. The number of halogens is 3. The fourth-order valence-electron chi connectivity index (χ4n) is 5.34. The minimum Gasteiger partial charge on any atom is -0.487 e. The molecule has 1 N–H and O–H groups in total. The number of hydrogen-bond acceptors (Lipinski definition) is 7. The zero-order chi connectivity index (χ0) is 31.8. The van der Waals surface area contributed by atoms with Crippen LogP contribution < -0.4 is 19.7 Å². The van der Waals surface area contributed by atoms with Crippen LogP contribution in [0.4, 0.5) is 20.2 Å². The van der Waals surface area contributed by atoms with Gasteiger partial charge in [-0.2, -0.15) is 0 Å². The molecule has 3 aromatic rings. The molecule has 10 nitrogen and oxygen atoms in total. The van der Waals surface area contributed by atoms with Crippen LogP contribution in [0.15, 0.2) is 59.6 Å². The number of hydrogen-bond donors (Lipinski definition) is 1. The van der Waals surface area contributed by atoms with Crippen molar-refractivity contribution in [1.29, 1.82) is 0 Å². The Hall–Kier alpha value is -4.16. The van der Waals surface area contributed by atoms with E-state index in [0.717, 1.165) is 31.6 Å². The molecule has 45 heavy (non-hydrogen) atoms. The first-order chi connectivity index (χ1) is 21.8. The van der Waals surface area contributed by atoms with Gasteiger partial charge in [-0.15, -0.1) is 0 Å². The van der Waals surface area contributed by atoms with Gasteiger partial charge in [0.15, 0.2) is 11.7 Å². The quantitative estimate of drug-likeness (QED) is 0.115. The lowest BCUT2D eigenvalue weighted by Gasteiger charge is -2.38. The first-order valence-corrected chi connectivity index (χ1v) is 15.4. The first-order valence-electron chi connectivity index (χ1n) is 15.0. The lowest BCUT2D eigenvalue weighted by atomic mass is 10.1. The molecule has 0 bridgehead atoms. The number of guanidine groups is 1. The Balaban J connectivity index is 1.32. The molecule has 0 saturated carbocycles. The maximum absolute atomic E-state index is 14.4. The normalized spacial score (nSPS) is 17.2. The molecule has 0 radical (unpaired) electrons. The summed E-state index contributed by atoms with van der Waals surface area (Å²) in [6.45, 7) is 6.08. The summed E-state index contributed by atoms with van der Waals surface area (Å²) in [6.07, 6.45) is 3.18. The number of anilines is 1. The Morgan fingerprint density at radius 2 is 1.91 bits per heavy atom. The van der Waals surface area contributed by atoms with Gasteiger partial charge in [-0.1, -0.05) is 11.6 Å². The summed E-state index contributed by atoms with van der Waals surface area (Å²) >= 11 is 5.93. The van der Waals surface area contributed by atoms with Crippen LogP contribution in [0.3, 0.4) is 0 Å². The molecule has 5 rings (SSSR count). The number of piperazine rings is 1. The van der Waals surface area contributed by atoms with Crippen LogP contribution in [-0.2, 0) is 11.3 Å². The van der Waals surface area contributed by atoms with Gasteiger partial charge in [-0.05, 0) is 62.6 Å². The second kappa shape index (κ2) is 15.2. The van der Waals surface area contributed by atoms with E-state index in [1.54, 1.807) is 19.1 Å². The smallest absolute Gasteiger partial charge is 0.311 e. The maximum Gasteiger partial charge on any atom is 0.311 e. The molecule has 240 valence electrons. The molecule has 2 aliphatic heterocycles. The van der Waals surface area contributed by atoms with Gasteiger partial charge in [0, 0.05) is 68.8 Å². The van der Waals surface area contributed by atoms with E-state index in [1.165, 1.54) is 42.5 Å². The minimum absolute atomic E-state index is 0.0639. The number of nitrogens with zero attached hydrogens (tertiary/aromatic N) is 4. The number of benzene rings is 3. The van der Waals surface area contributed by atoms with E-state index in [2.05, 4.69) is 15.1 Å². The average molecular weight is 644 g/mol. The summed E-state index contributed by atoms with van der Waals surface area (Å²) in [5, 5.41) is 14.8. The lowest BCUT2D eigenvalue weighted by molar-refractivity contribution is -0.385. The fraction of sp³-hybridized carbons (Fsp3) is 0.406. The van der Waals surface area contributed by atoms with Crippen LogP contribution in [0.25, 0.3) is 0 Å². The maximum atomic E-state index is 14.4. The largest absolute Gasteiger partial charge is 0.487 e. The van der Waals surface area contributed by atoms with E-state index in [9.17, 15) is 18.9 Å². The molecular formula is C32H36ClF2N5O5. The SMILES string of the molecule is CCOc1cc(N2CCN(C(=NCc3cc(F)ccc3Oc3ccc(F)c(Cl)c3)NCC3CCCCO3)CC2)ccc1[N+](=O)[O-]. The highest BCUT2D eigenvalue weighted by Gasteiger charge is 2.24. The molecule has 0 amide bonds. The van der Waals surface area contributed by atoms with Crippen LogP contribution in [0.1, 0.15) is 31.7 Å². The molecule has 0 aromatic heterocycles. The van der Waals surface area contributed by atoms with Crippen molar-refractivity contribution in [2.75, 3.05) is 50.8 Å². The zero-order valence-corrected chi connectivity index (χ0v) is 25.8. The Bertz CT molecular complexity index is 1510. The van der Waals surface area contributed by atoms with Gasteiger partial charge in [-0.25, -0.2) is 13.8 Å². The van der Waals surface area contributed by atoms with Crippen molar-refractivity contribution in [3.8, 4) is 17.2 Å². The number of ether oxygens (including phenoxy) is 3. The summed E-state index contributed by atoms with van der Waals surface area (Å²) in [5.41, 5.74) is 1.29. The molecule has 2 aliphatic rings. The predicted octanol–water partition coefficient (Wildman–Crippen LogP) is 6.55. The third-order valence-corrected chi connectivity index (χ3v) is 7.98. The second-order valence-electron chi connectivity index (χ2n) is 10.8. The van der Waals surface area contributed by atoms with Gasteiger partial charge in [0.1, 0.15) is 23.1 Å². The van der Waals surface area contributed by atoms with E-state index in [1.807, 2.05) is 0 Å². The van der Waals surface area contributed by atoms with Crippen molar-refractivity contribution >= 4 is 28.9 Å². The molecule has 0 spiro atoms. The molecule has 1 atom stereocenters. The van der Waals surface area contributed by atoms with E-state index in [4.69, 9.17) is 30.8 Å². The van der Waals surface area contributed by atoms with Crippen LogP contribution in [0.2, 0.25) is 5.02 Å². The van der Waals surface area contributed by atoms with Crippen molar-refractivity contribution in [3.63, 3.8) is 0 Å². The number of nitro benzene ring substituents is 1. The van der Waals surface area contributed by atoms with E-state index < -0.39 is 16.6 Å². The molecule has 13 heteroatoms. The minimum atomic E-state index is -0.561. The Kier molecular flexibility index (Phi) is 10.9. The van der Waals surface area contributed by atoms with E-state index >= 15 is 0 Å². The number of rotatable bonds is 10. The van der Waals surface area contributed by atoms with E-state index in [-0.39, 0.29) is 29.1 Å². The van der Waals surface area contributed by atoms with Gasteiger partial charge in [0.05, 0.1) is 29.2 Å². The highest BCUT2D eigenvalue weighted by Crippen LogP contribution is 2.33. The van der Waals surface area contributed by atoms with Gasteiger partial charge >= 0.3 is 5.69 Å². The van der Waals surface area contributed by atoms with Crippen LogP contribution in [0.5, 0.6) is 17.2 Å². The molecule has 1 unspecified atom stereocenters. The third kappa shape index (κ3) is 8.52. The van der Waals surface area contributed by atoms with E-state index in [0.29, 0.717) is 62.4 Å². The standard InChI is InChI=1S/C32H36ClF2N5O5/c1-2-43-31-18-24(7-10-29(31)40(41)42)38-12-14-39(15-13-38)32(37-21-26-5-3-4-16-44-26)36-20-22-17-23(34)6-11-30(22)45-25-8-9-28(35)27(33)19-25/h6-11,17-19,26H,2-5,12-16,20-21H2,1H3,(H,36,37). The van der Waals surface area contributed by atoms with Crippen LogP contribution in [0, 0.1) is 21.7 Å². The first kappa shape index (κ1) is 32.2. The molecule has 2 fully saturated rings. The van der Waals surface area contributed by atoms with Crippen LogP contribution in [-0.4, -0.2) is 67.8 Å². The summed E-state index contributed by atoms with van der Waals surface area (Å²) in [6, 6.07) is 13.1.